The Morgan fingerprint density at radius 1 is 1.69 bits per heavy atom. The van der Waals surface area contributed by atoms with Crippen LogP contribution >= 0.6 is 0 Å². The van der Waals surface area contributed by atoms with Gasteiger partial charge < -0.3 is 10.8 Å². The minimum atomic E-state index is -0.820. The molecule has 70 valence electrons. The Labute approximate surface area is 76.4 Å². The van der Waals surface area contributed by atoms with Crippen molar-refractivity contribution in [2.24, 2.45) is 5.73 Å². The summed E-state index contributed by atoms with van der Waals surface area (Å²) in [6.07, 6.45) is 3.86. The monoisotopic (exact) mass is 180 g/mol. The van der Waals surface area contributed by atoms with Gasteiger partial charge in [-0.3, -0.25) is 9.78 Å². The summed E-state index contributed by atoms with van der Waals surface area (Å²) in [7, 11) is 0. The first kappa shape index (κ1) is 9.67. The highest BCUT2D eigenvalue weighted by Crippen LogP contribution is 2.13. The van der Waals surface area contributed by atoms with E-state index in [0.717, 1.165) is 5.56 Å². The highest BCUT2D eigenvalue weighted by Gasteiger charge is 2.07. The van der Waals surface area contributed by atoms with Crippen molar-refractivity contribution in [3.63, 3.8) is 0 Å². The number of aromatic nitrogens is 1. The smallest absolute Gasteiger partial charge is 0.303 e. The van der Waals surface area contributed by atoms with E-state index in [9.17, 15) is 4.79 Å². The Hall–Kier alpha value is -1.42. The summed E-state index contributed by atoms with van der Waals surface area (Å²) in [5.41, 5.74) is 6.62. The fourth-order valence-electron chi connectivity index (χ4n) is 1.04. The molecule has 0 saturated heterocycles. The van der Waals surface area contributed by atoms with Gasteiger partial charge in [-0.05, 0) is 18.1 Å². The number of rotatable bonds is 4. The van der Waals surface area contributed by atoms with Gasteiger partial charge in [0.1, 0.15) is 0 Å². The van der Waals surface area contributed by atoms with Gasteiger partial charge >= 0.3 is 5.97 Å². The zero-order valence-electron chi connectivity index (χ0n) is 7.18. The fourth-order valence-corrected chi connectivity index (χ4v) is 1.04. The predicted molar refractivity (Wildman–Crippen MR) is 48.0 cm³/mol. The first-order chi connectivity index (χ1) is 6.20. The van der Waals surface area contributed by atoms with E-state index >= 15 is 0 Å². The van der Waals surface area contributed by atoms with Gasteiger partial charge in [-0.15, -0.1) is 0 Å². The third kappa shape index (κ3) is 3.21. The van der Waals surface area contributed by atoms with Crippen molar-refractivity contribution in [2.45, 2.75) is 18.9 Å². The lowest BCUT2D eigenvalue weighted by Crippen LogP contribution is -2.12. The van der Waals surface area contributed by atoms with E-state index < -0.39 is 5.97 Å². The molecule has 1 rings (SSSR count). The highest BCUT2D eigenvalue weighted by atomic mass is 16.4. The molecule has 0 aliphatic heterocycles. The molecule has 0 aliphatic rings. The fraction of sp³-hybridized carbons (Fsp3) is 0.333. The van der Waals surface area contributed by atoms with E-state index in [0.29, 0.717) is 6.42 Å². The van der Waals surface area contributed by atoms with Crippen LogP contribution in [0.5, 0.6) is 0 Å². The molecule has 4 nitrogen and oxygen atoms in total. The number of hydrogen-bond acceptors (Lipinski definition) is 3. The standard InChI is InChI=1S/C9H12N2O2/c10-8(3-4-9(12)13)7-2-1-5-11-6-7/h1-2,5-6,8H,3-4,10H2,(H,12,13)/t8-/m0/s1. The number of nitrogens with two attached hydrogens (primary N) is 1. The summed E-state index contributed by atoms with van der Waals surface area (Å²) in [5.74, 6) is -0.820. The van der Waals surface area contributed by atoms with Gasteiger partial charge in [0.15, 0.2) is 0 Å². The molecule has 0 bridgehead atoms. The molecular formula is C9H12N2O2. The number of carboxylic acid groups (broad SMARTS) is 1. The maximum atomic E-state index is 10.3. The molecule has 0 radical (unpaired) electrons. The van der Waals surface area contributed by atoms with Crippen LogP contribution in [0.4, 0.5) is 0 Å². The molecule has 0 amide bonds. The molecule has 4 heteroatoms. The summed E-state index contributed by atoms with van der Waals surface area (Å²) >= 11 is 0. The minimum Gasteiger partial charge on any atom is -0.481 e. The van der Waals surface area contributed by atoms with Crippen LogP contribution in [-0.2, 0) is 4.79 Å². The van der Waals surface area contributed by atoms with E-state index in [1.54, 1.807) is 18.5 Å². The number of pyridine rings is 1. The molecule has 3 N–H and O–H groups in total. The maximum Gasteiger partial charge on any atom is 0.303 e. The third-order valence-electron chi connectivity index (χ3n) is 1.78. The van der Waals surface area contributed by atoms with E-state index in [1.165, 1.54) is 0 Å². The zero-order valence-corrected chi connectivity index (χ0v) is 7.18. The molecule has 0 spiro atoms. The highest BCUT2D eigenvalue weighted by molar-refractivity contribution is 5.66. The molecule has 1 atom stereocenters. The van der Waals surface area contributed by atoms with Gasteiger partial charge in [0, 0.05) is 24.9 Å². The summed E-state index contributed by atoms with van der Waals surface area (Å²) in [6, 6.07) is 3.40. The molecule has 0 aliphatic carbocycles. The van der Waals surface area contributed by atoms with Crippen LogP contribution in [0.3, 0.4) is 0 Å². The van der Waals surface area contributed by atoms with Crippen LogP contribution < -0.4 is 5.73 Å². The van der Waals surface area contributed by atoms with E-state index in [2.05, 4.69) is 4.98 Å². The van der Waals surface area contributed by atoms with Gasteiger partial charge in [-0.1, -0.05) is 6.07 Å². The lowest BCUT2D eigenvalue weighted by atomic mass is 10.1. The molecule has 13 heavy (non-hydrogen) atoms. The van der Waals surface area contributed by atoms with Crippen LogP contribution in [0.1, 0.15) is 24.4 Å². The lowest BCUT2D eigenvalue weighted by molar-refractivity contribution is -0.137. The van der Waals surface area contributed by atoms with Crippen molar-refractivity contribution in [2.75, 3.05) is 0 Å². The van der Waals surface area contributed by atoms with Crippen LogP contribution in [0.15, 0.2) is 24.5 Å². The van der Waals surface area contributed by atoms with Gasteiger partial charge in [0.25, 0.3) is 0 Å². The Morgan fingerprint density at radius 2 is 2.46 bits per heavy atom. The molecule has 0 saturated carbocycles. The van der Waals surface area contributed by atoms with Crippen LogP contribution in [0.2, 0.25) is 0 Å². The summed E-state index contributed by atoms with van der Waals surface area (Å²) in [6.45, 7) is 0. The van der Waals surface area contributed by atoms with Gasteiger partial charge in [-0.2, -0.15) is 0 Å². The molecule has 0 aromatic carbocycles. The van der Waals surface area contributed by atoms with Crippen molar-refractivity contribution in [3.05, 3.63) is 30.1 Å². The van der Waals surface area contributed by atoms with Crippen molar-refractivity contribution < 1.29 is 9.90 Å². The van der Waals surface area contributed by atoms with E-state index in [4.69, 9.17) is 10.8 Å². The first-order valence-electron chi connectivity index (χ1n) is 4.07. The second-order valence-corrected chi connectivity index (χ2v) is 2.83. The zero-order chi connectivity index (χ0) is 9.68. The van der Waals surface area contributed by atoms with Gasteiger partial charge in [-0.25, -0.2) is 0 Å². The second-order valence-electron chi connectivity index (χ2n) is 2.83. The second kappa shape index (κ2) is 4.57. The average Bonchev–Trinajstić information content (AvgIpc) is 2.15. The minimum absolute atomic E-state index is 0.0933. The maximum absolute atomic E-state index is 10.3. The molecule has 1 aromatic heterocycles. The summed E-state index contributed by atoms with van der Waals surface area (Å²) < 4.78 is 0. The summed E-state index contributed by atoms with van der Waals surface area (Å²) in [5, 5.41) is 8.44. The molecule has 0 fully saturated rings. The third-order valence-corrected chi connectivity index (χ3v) is 1.78. The van der Waals surface area contributed by atoms with Crippen molar-refractivity contribution in [1.82, 2.24) is 4.98 Å². The number of carboxylic acids is 1. The topological polar surface area (TPSA) is 76.2 Å². The van der Waals surface area contributed by atoms with Crippen molar-refractivity contribution in [1.29, 1.82) is 0 Å². The van der Waals surface area contributed by atoms with Crippen molar-refractivity contribution in [3.8, 4) is 0 Å². The Bertz CT molecular complexity index is 274. The molecular weight excluding hydrogens is 168 g/mol. The normalized spacial score (nSPS) is 12.4. The van der Waals surface area contributed by atoms with Crippen molar-refractivity contribution >= 4 is 5.97 Å². The van der Waals surface area contributed by atoms with E-state index in [1.807, 2.05) is 6.07 Å². The quantitative estimate of drug-likeness (QED) is 0.723. The predicted octanol–water partition coefficient (Wildman–Crippen LogP) is 0.946. The van der Waals surface area contributed by atoms with Gasteiger partial charge in [0.05, 0.1) is 0 Å². The number of carbonyl (C=O) groups is 1. The molecule has 1 aromatic rings. The van der Waals surface area contributed by atoms with Gasteiger partial charge in [0.2, 0.25) is 0 Å². The lowest BCUT2D eigenvalue weighted by Gasteiger charge is -2.08. The SMILES string of the molecule is N[C@@H](CCC(=O)O)c1cccnc1. The largest absolute Gasteiger partial charge is 0.481 e. The summed E-state index contributed by atoms with van der Waals surface area (Å²) in [4.78, 5) is 14.2. The van der Waals surface area contributed by atoms with Crippen LogP contribution in [0.25, 0.3) is 0 Å². The van der Waals surface area contributed by atoms with Crippen LogP contribution in [0, 0.1) is 0 Å². The number of nitrogens with zero attached hydrogens (tertiary/aromatic N) is 1. The average molecular weight is 180 g/mol. The molecule has 0 unspecified atom stereocenters. The first-order valence-corrected chi connectivity index (χ1v) is 4.07. The Kier molecular flexibility index (Phi) is 3.40. The Morgan fingerprint density at radius 3 is 3.00 bits per heavy atom. The Balaban J connectivity index is 2.49. The molecule has 1 heterocycles. The number of aliphatic carboxylic acids is 1. The van der Waals surface area contributed by atoms with Crippen LogP contribution in [-0.4, -0.2) is 16.1 Å². The number of hydrogen-bond donors (Lipinski definition) is 2. The van der Waals surface area contributed by atoms with E-state index in [-0.39, 0.29) is 12.5 Å².